The first-order valence-electron chi connectivity index (χ1n) is 5.56. The number of para-hydroxylation sites is 2. The molecule has 0 aliphatic carbocycles. The number of ether oxygens (including phenoxy) is 1. The minimum atomic E-state index is 0.279. The summed E-state index contributed by atoms with van der Waals surface area (Å²) in [6.45, 7) is 2.68. The molecule has 0 aliphatic rings. The molecule has 1 aromatic carbocycles. The summed E-state index contributed by atoms with van der Waals surface area (Å²) in [5.41, 5.74) is 3.92. The number of nitrogens with zero attached hydrogens (tertiary/aromatic N) is 2. The van der Waals surface area contributed by atoms with E-state index in [2.05, 4.69) is 25.9 Å². The topological polar surface area (TPSA) is 35.0 Å². The zero-order valence-electron chi connectivity index (χ0n) is 9.98. The van der Waals surface area contributed by atoms with Crippen LogP contribution in [0.25, 0.3) is 11.0 Å². The van der Waals surface area contributed by atoms with Crippen molar-refractivity contribution >= 4 is 27.0 Å². The molecular formula is C13H15BrN2O. The van der Waals surface area contributed by atoms with Gasteiger partial charge in [0.25, 0.3) is 0 Å². The van der Waals surface area contributed by atoms with Crippen LogP contribution in [-0.4, -0.2) is 28.5 Å². The van der Waals surface area contributed by atoms with Gasteiger partial charge in [0.15, 0.2) is 0 Å². The number of methoxy groups -OCH3 is 1. The normalized spacial score (nSPS) is 12.9. The van der Waals surface area contributed by atoms with Gasteiger partial charge < -0.3 is 4.74 Å². The molecule has 1 heterocycles. The van der Waals surface area contributed by atoms with Crippen molar-refractivity contribution in [1.29, 1.82) is 0 Å². The van der Waals surface area contributed by atoms with E-state index < -0.39 is 0 Å². The molecule has 0 spiro atoms. The third kappa shape index (κ3) is 3.01. The molecule has 0 saturated heterocycles. The fourth-order valence-electron chi connectivity index (χ4n) is 1.77. The molecule has 3 nitrogen and oxygen atoms in total. The van der Waals surface area contributed by atoms with Crippen LogP contribution in [0.1, 0.15) is 11.4 Å². The minimum Gasteiger partial charge on any atom is -0.384 e. The number of rotatable bonds is 4. The van der Waals surface area contributed by atoms with Gasteiger partial charge in [-0.05, 0) is 19.1 Å². The van der Waals surface area contributed by atoms with Crippen LogP contribution < -0.4 is 0 Å². The first kappa shape index (κ1) is 12.5. The lowest BCUT2D eigenvalue weighted by atomic mass is 10.2. The van der Waals surface area contributed by atoms with Gasteiger partial charge in [0.1, 0.15) is 0 Å². The van der Waals surface area contributed by atoms with Gasteiger partial charge in [-0.2, -0.15) is 0 Å². The van der Waals surface area contributed by atoms with Crippen molar-refractivity contribution in [2.45, 2.75) is 18.2 Å². The summed E-state index contributed by atoms with van der Waals surface area (Å²) in [5.74, 6) is 0. The maximum atomic E-state index is 5.11. The van der Waals surface area contributed by atoms with Crippen LogP contribution in [0.5, 0.6) is 0 Å². The molecule has 90 valence electrons. The summed E-state index contributed by atoms with van der Waals surface area (Å²) >= 11 is 3.58. The summed E-state index contributed by atoms with van der Waals surface area (Å²) in [6.07, 6.45) is 0.831. The predicted molar refractivity (Wildman–Crippen MR) is 72.6 cm³/mol. The molecule has 0 saturated carbocycles. The first-order chi connectivity index (χ1) is 8.20. The van der Waals surface area contributed by atoms with Gasteiger partial charge in [-0.15, -0.1) is 0 Å². The maximum Gasteiger partial charge on any atom is 0.0890 e. The van der Waals surface area contributed by atoms with E-state index in [0.717, 1.165) is 28.8 Å². The number of halogens is 1. The van der Waals surface area contributed by atoms with Crippen molar-refractivity contribution in [1.82, 2.24) is 9.97 Å². The van der Waals surface area contributed by atoms with Crippen molar-refractivity contribution in [3.05, 3.63) is 35.7 Å². The third-order valence-corrected chi connectivity index (χ3v) is 3.19. The second kappa shape index (κ2) is 5.56. The molecule has 0 aliphatic heterocycles. The molecule has 4 heteroatoms. The number of benzene rings is 1. The van der Waals surface area contributed by atoms with Crippen molar-refractivity contribution < 1.29 is 4.74 Å². The molecule has 1 unspecified atom stereocenters. The number of hydrogen-bond donors (Lipinski definition) is 0. The van der Waals surface area contributed by atoms with Gasteiger partial charge in [-0.3, -0.25) is 0 Å². The Labute approximate surface area is 109 Å². The zero-order chi connectivity index (χ0) is 12.3. The summed E-state index contributed by atoms with van der Waals surface area (Å²) in [4.78, 5) is 9.49. The first-order valence-corrected chi connectivity index (χ1v) is 6.47. The Kier molecular flexibility index (Phi) is 4.07. The van der Waals surface area contributed by atoms with Crippen LogP contribution >= 0.6 is 15.9 Å². The Bertz CT molecular complexity index is 516. The Morgan fingerprint density at radius 2 is 1.88 bits per heavy atom. The fraction of sp³-hybridized carbons (Fsp3) is 0.385. The molecule has 2 rings (SSSR count). The maximum absolute atomic E-state index is 5.11. The molecule has 0 radical (unpaired) electrons. The van der Waals surface area contributed by atoms with Gasteiger partial charge >= 0.3 is 0 Å². The zero-order valence-corrected chi connectivity index (χ0v) is 11.6. The SMILES string of the molecule is COCC(Br)Cc1nc2ccccc2nc1C. The van der Waals surface area contributed by atoms with Crippen LogP contribution in [-0.2, 0) is 11.2 Å². The van der Waals surface area contributed by atoms with Crippen LogP contribution in [0, 0.1) is 6.92 Å². The highest BCUT2D eigenvalue weighted by Gasteiger charge is 2.10. The monoisotopic (exact) mass is 294 g/mol. The number of alkyl halides is 1. The fourth-order valence-corrected chi connectivity index (χ4v) is 2.34. The van der Waals surface area contributed by atoms with E-state index in [0.29, 0.717) is 6.61 Å². The Hall–Kier alpha value is -1.00. The summed E-state index contributed by atoms with van der Waals surface area (Å²) in [7, 11) is 1.70. The van der Waals surface area contributed by atoms with E-state index >= 15 is 0 Å². The predicted octanol–water partition coefficient (Wildman–Crippen LogP) is 2.89. The lowest BCUT2D eigenvalue weighted by Crippen LogP contribution is -2.12. The molecule has 0 fully saturated rings. The quantitative estimate of drug-likeness (QED) is 0.814. The Morgan fingerprint density at radius 1 is 1.24 bits per heavy atom. The highest BCUT2D eigenvalue weighted by atomic mass is 79.9. The van der Waals surface area contributed by atoms with Crippen LogP contribution in [0.15, 0.2) is 24.3 Å². The largest absolute Gasteiger partial charge is 0.384 e. The molecule has 0 amide bonds. The van der Waals surface area contributed by atoms with Gasteiger partial charge in [0.05, 0.1) is 29.0 Å². The smallest absolute Gasteiger partial charge is 0.0890 e. The van der Waals surface area contributed by atoms with Crippen LogP contribution in [0.3, 0.4) is 0 Å². The second-order valence-corrected chi connectivity index (χ2v) is 5.30. The van der Waals surface area contributed by atoms with Gasteiger partial charge in [-0.25, -0.2) is 9.97 Å². The average molecular weight is 295 g/mol. The van der Waals surface area contributed by atoms with Crippen LogP contribution in [0.2, 0.25) is 0 Å². The minimum absolute atomic E-state index is 0.279. The van der Waals surface area contributed by atoms with Gasteiger partial charge in [-0.1, -0.05) is 28.1 Å². The number of fused-ring (bicyclic) bond motifs is 1. The van der Waals surface area contributed by atoms with Gasteiger partial charge in [0.2, 0.25) is 0 Å². The van der Waals surface area contributed by atoms with E-state index in [4.69, 9.17) is 4.74 Å². The Morgan fingerprint density at radius 3 is 2.53 bits per heavy atom. The molecular weight excluding hydrogens is 280 g/mol. The van der Waals surface area contributed by atoms with E-state index in [-0.39, 0.29) is 4.83 Å². The van der Waals surface area contributed by atoms with Crippen LogP contribution in [0.4, 0.5) is 0 Å². The third-order valence-electron chi connectivity index (χ3n) is 2.61. The van der Waals surface area contributed by atoms with E-state index in [1.807, 2.05) is 31.2 Å². The number of aryl methyl sites for hydroxylation is 1. The summed E-state index contributed by atoms with van der Waals surface area (Å²) < 4.78 is 5.11. The van der Waals surface area contributed by atoms with E-state index in [1.54, 1.807) is 7.11 Å². The molecule has 1 aromatic heterocycles. The highest BCUT2D eigenvalue weighted by molar-refractivity contribution is 9.09. The van der Waals surface area contributed by atoms with Crippen molar-refractivity contribution in [2.75, 3.05) is 13.7 Å². The van der Waals surface area contributed by atoms with Crippen molar-refractivity contribution in [3.63, 3.8) is 0 Å². The number of hydrogen-bond acceptors (Lipinski definition) is 3. The summed E-state index contributed by atoms with van der Waals surface area (Å²) in [5, 5.41) is 0. The Balaban J connectivity index is 2.31. The standard InChI is InChI=1S/C13H15BrN2O/c1-9-13(7-10(14)8-17-2)16-12-6-4-3-5-11(12)15-9/h3-6,10H,7-8H2,1-2H3. The van der Waals surface area contributed by atoms with Crippen molar-refractivity contribution in [3.8, 4) is 0 Å². The lowest BCUT2D eigenvalue weighted by Gasteiger charge is -2.10. The molecule has 0 N–H and O–H groups in total. The highest BCUT2D eigenvalue weighted by Crippen LogP contribution is 2.15. The number of aromatic nitrogens is 2. The van der Waals surface area contributed by atoms with E-state index in [1.165, 1.54) is 0 Å². The van der Waals surface area contributed by atoms with Crippen molar-refractivity contribution in [2.24, 2.45) is 0 Å². The molecule has 2 aromatic rings. The van der Waals surface area contributed by atoms with E-state index in [9.17, 15) is 0 Å². The molecule has 0 bridgehead atoms. The van der Waals surface area contributed by atoms with Gasteiger partial charge in [0, 0.05) is 18.4 Å². The molecule has 17 heavy (non-hydrogen) atoms. The average Bonchev–Trinajstić information content (AvgIpc) is 2.30. The lowest BCUT2D eigenvalue weighted by molar-refractivity contribution is 0.200. The molecule has 1 atom stereocenters. The second-order valence-electron chi connectivity index (χ2n) is 4.00. The summed E-state index contributed by atoms with van der Waals surface area (Å²) in [6, 6.07) is 7.94.